The third-order valence-electron chi connectivity index (χ3n) is 5.90. The molecule has 1 aromatic carbocycles. The molecule has 0 saturated carbocycles. The Morgan fingerprint density at radius 2 is 2.00 bits per heavy atom. The van der Waals surface area contributed by atoms with Crippen molar-refractivity contribution in [3.8, 4) is 0 Å². The molecule has 1 aromatic heterocycles. The number of rotatable bonds is 5. The highest BCUT2D eigenvalue weighted by Gasteiger charge is 2.25. The van der Waals surface area contributed by atoms with Crippen molar-refractivity contribution in [3.05, 3.63) is 52.9 Å². The second-order valence-corrected chi connectivity index (χ2v) is 7.72. The summed E-state index contributed by atoms with van der Waals surface area (Å²) in [6.45, 7) is 2.25. The fourth-order valence-corrected chi connectivity index (χ4v) is 4.13. The van der Waals surface area contributed by atoms with Crippen LogP contribution in [0.25, 0.3) is 0 Å². The lowest BCUT2D eigenvalue weighted by molar-refractivity contribution is 0.202. The minimum atomic E-state index is -0.818. The number of benzene rings is 1. The van der Waals surface area contributed by atoms with Crippen LogP contribution in [0.4, 0.5) is 14.7 Å². The largest absolute Gasteiger partial charge is 0.396 e. The molecule has 4 rings (SSSR count). The Kier molecular flexibility index (Phi) is 5.82. The van der Waals surface area contributed by atoms with E-state index in [4.69, 9.17) is 4.98 Å². The molecule has 0 amide bonds. The molecule has 2 aromatic rings. The number of aromatic nitrogens is 2. The first-order chi connectivity index (χ1) is 13.7. The van der Waals surface area contributed by atoms with Crippen molar-refractivity contribution in [1.82, 2.24) is 15.3 Å². The summed E-state index contributed by atoms with van der Waals surface area (Å²) in [4.78, 5) is 11.6. The van der Waals surface area contributed by atoms with Crippen molar-refractivity contribution >= 4 is 5.95 Å². The first-order valence-corrected chi connectivity index (χ1v) is 10.0. The number of aryl methyl sites for hydroxylation is 1. The van der Waals surface area contributed by atoms with Gasteiger partial charge in [0.05, 0.1) is 5.69 Å². The summed E-state index contributed by atoms with van der Waals surface area (Å²) in [7, 11) is 0. The van der Waals surface area contributed by atoms with E-state index in [0.29, 0.717) is 11.5 Å². The molecule has 0 radical (unpaired) electrons. The molecule has 0 unspecified atom stereocenters. The molecule has 2 heterocycles. The fraction of sp³-hybridized carbons (Fsp3) is 0.524. The normalized spacial score (nSPS) is 20.2. The zero-order chi connectivity index (χ0) is 19.5. The van der Waals surface area contributed by atoms with Gasteiger partial charge in [-0.2, -0.15) is 0 Å². The van der Waals surface area contributed by atoms with Crippen molar-refractivity contribution in [1.29, 1.82) is 0 Å². The number of hydrogen-bond donors (Lipinski definition) is 2. The van der Waals surface area contributed by atoms with E-state index in [1.807, 2.05) is 6.20 Å². The van der Waals surface area contributed by atoms with Crippen LogP contribution in [-0.2, 0) is 13.0 Å². The van der Waals surface area contributed by atoms with Gasteiger partial charge in [0.15, 0.2) is 11.6 Å². The second kappa shape index (κ2) is 8.49. The van der Waals surface area contributed by atoms with E-state index in [1.165, 1.54) is 6.07 Å². The maximum absolute atomic E-state index is 13.9. The van der Waals surface area contributed by atoms with Gasteiger partial charge in [-0.3, -0.25) is 0 Å². The van der Waals surface area contributed by atoms with Crippen LogP contribution in [0.1, 0.15) is 48.5 Å². The van der Waals surface area contributed by atoms with E-state index in [0.717, 1.165) is 68.5 Å². The number of aliphatic hydroxyl groups excluding tert-OH is 1. The average molecular weight is 388 g/mol. The monoisotopic (exact) mass is 388 g/mol. The molecule has 2 N–H and O–H groups in total. The summed E-state index contributed by atoms with van der Waals surface area (Å²) in [5.74, 6) is -0.470. The topological polar surface area (TPSA) is 61.3 Å². The van der Waals surface area contributed by atoms with Crippen molar-refractivity contribution < 1.29 is 13.9 Å². The molecular weight excluding hydrogens is 362 g/mol. The fourth-order valence-electron chi connectivity index (χ4n) is 4.13. The first kappa shape index (κ1) is 19.2. The van der Waals surface area contributed by atoms with Crippen molar-refractivity contribution in [2.24, 2.45) is 5.92 Å². The Bertz CT molecular complexity index is 824. The number of aliphatic hydroxyl groups is 1. The second-order valence-electron chi connectivity index (χ2n) is 7.72. The summed E-state index contributed by atoms with van der Waals surface area (Å²) < 4.78 is 27.3. The summed E-state index contributed by atoms with van der Waals surface area (Å²) in [5.41, 5.74) is 2.42. The number of fused-ring (bicyclic) bond motifs is 1. The lowest BCUT2D eigenvalue weighted by Gasteiger charge is -2.32. The van der Waals surface area contributed by atoms with Gasteiger partial charge in [-0.15, -0.1) is 0 Å². The molecule has 5 nitrogen and oxygen atoms in total. The molecule has 2 aliphatic rings. The number of halogens is 2. The van der Waals surface area contributed by atoms with Gasteiger partial charge in [0, 0.05) is 49.6 Å². The highest BCUT2D eigenvalue weighted by Crippen LogP contribution is 2.30. The van der Waals surface area contributed by atoms with Crippen LogP contribution >= 0.6 is 0 Å². The van der Waals surface area contributed by atoms with E-state index < -0.39 is 11.6 Å². The predicted octanol–water partition coefficient (Wildman–Crippen LogP) is 3.13. The van der Waals surface area contributed by atoms with Gasteiger partial charge >= 0.3 is 0 Å². The van der Waals surface area contributed by atoms with Crippen LogP contribution in [0.3, 0.4) is 0 Å². The lowest BCUT2D eigenvalue weighted by Crippen LogP contribution is -2.36. The molecule has 0 spiro atoms. The first-order valence-electron chi connectivity index (χ1n) is 10.0. The lowest BCUT2D eigenvalue weighted by atomic mass is 9.92. The molecule has 28 heavy (non-hydrogen) atoms. The maximum atomic E-state index is 13.9. The Labute approximate surface area is 163 Å². The average Bonchev–Trinajstić information content (AvgIpc) is 2.74. The molecule has 0 bridgehead atoms. The minimum Gasteiger partial charge on any atom is -0.396 e. The van der Waals surface area contributed by atoms with Gasteiger partial charge in [-0.1, -0.05) is 12.1 Å². The standard InChI is InChI=1S/C21H26F2N4O/c22-17-4-1-3-15(20(17)23)11-24-18-5-2-6-19-16(18)12-25-21(26-19)27-9-7-14(13-28)8-10-27/h1,3-4,12,14,18,24,28H,2,5-11,13H2/t18-/m0/s1. The van der Waals surface area contributed by atoms with Gasteiger partial charge in [-0.05, 0) is 44.1 Å². The molecular formula is C21H26F2N4O. The van der Waals surface area contributed by atoms with Crippen molar-refractivity contribution in [3.63, 3.8) is 0 Å². The third kappa shape index (κ3) is 4.00. The van der Waals surface area contributed by atoms with Gasteiger partial charge < -0.3 is 15.3 Å². The molecule has 150 valence electrons. The highest BCUT2D eigenvalue weighted by molar-refractivity contribution is 5.36. The number of hydrogen-bond acceptors (Lipinski definition) is 5. The van der Waals surface area contributed by atoms with Crippen LogP contribution < -0.4 is 10.2 Å². The third-order valence-corrected chi connectivity index (χ3v) is 5.90. The zero-order valence-corrected chi connectivity index (χ0v) is 15.9. The molecule has 1 atom stereocenters. The maximum Gasteiger partial charge on any atom is 0.225 e. The van der Waals surface area contributed by atoms with Crippen LogP contribution in [0.5, 0.6) is 0 Å². The van der Waals surface area contributed by atoms with Crippen molar-refractivity contribution in [2.75, 3.05) is 24.6 Å². The van der Waals surface area contributed by atoms with Crippen LogP contribution in [-0.4, -0.2) is 34.8 Å². The van der Waals surface area contributed by atoms with Crippen LogP contribution in [0, 0.1) is 17.6 Å². The van der Waals surface area contributed by atoms with Crippen molar-refractivity contribution in [2.45, 2.75) is 44.7 Å². The summed E-state index contributed by atoms with van der Waals surface area (Å²) in [6.07, 6.45) is 6.63. The van der Waals surface area contributed by atoms with E-state index in [-0.39, 0.29) is 19.2 Å². The van der Waals surface area contributed by atoms with E-state index >= 15 is 0 Å². The molecule has 1 aliphatic carbocycles. The van der Waals surface area contributed by atoms with Gasteiger partial charge in [0.1, 0.15) is 0 Å². The Balaban J connectivity index is 1.45. The quantitative estimate of drug-likeness (QED) is 0.824. The molecule has 1 aliphatic heterocycles. The van der Waals surface area contributed by atoms with E-state index in [2.05, 4.69) is 15.2 Å². The molecule has 1 saturated heterocycles. The number of nitrogens with zero attached hydrogens (tertiary/aromatic N) is 3. The van der Waals surface area contributed by atoms with E-state index in [1.54, 1.807) is 6.07 Å². The summed E-state index contributed by atoms with van der Waals surface area (Å²) in [6, 6.07) is 4.30. The highest BCUT2D eigenvalue weighted by atomic mass is 19.2. The minimum absolute atomic E-state index is 0.0422. The number of anilines is 1. The predicted molar refractivity (Wildman–Crippen MR) is 103 cm³/mol. The number of piperidine rings is 1. The van der Waals surface area contributed by atoms with Crippen LogP contribution in [0.15, 0.2) is 24.4 Å². The van der Waals surface area contributed by atoms with Gasteiger partial charge in [0.25, 0.3) is 0 Å². The Morgan fingerprint density at radius 1 is 1.18 bits per heavy atom. The zero-order valence-electron chi connectivity index (χ0n) is 15.9. The smallest absolute Gasteiger partial charge is 0.225 e. The SMILES string of the molecule is OCC1CCN(c2ncc3c(n2)CCC[C@@H]3NCc2cccc(F)c2F)CC1. The summed E-state index contributed by atoms with van der Waals surface area (Å²) >= 11 is 0. The molecule has 7 heteroatoms. The van der Waals surface area contributed by atoms with Crippen LogP contribution in [0.2, 0.25) is 0 Å². The Hall–Kier alpha value is -2.12. The van der Waals surface area contributed by atoms with Gasteiger partial charge in [-0.25, -0.2) is 18.7 Å². The van der Waals surface area contributed by atoms with E-state index in [9.17, 15) is 13.9 Å². The van der Waals surface area contributed by atoms with Gasteiger partial charge in [0.2, 0.25) is 5.95 Å². The number of nitrogens with one attached hydrogen (secondary N) is 1. The Morgan fingerprint density at radius 3 is 2.79 bits per heavy atom. The molecule has 1 fully saturated rings. The summed E-state index contributed by atoms with van der Waals surface area (Å²) in [5, 5.41) is 12.6.